The fourth-order valence-electron chi connectivity index (χ4n) is 1.02. The molecule has 0 aromatic heterocycles. The predicted octanol–water partition coefficient (Wildman–Crippen LogP) is 2.38. The minimum Gasteiger partial charge on any atom is -0.381 e. The molecule has 2 saturated heterocycles. The van der Waals surface area contributed by atoms with Crippen LogP contribution in [0.15, 0.2) is 0 Å². The molecule has 3 heteroatoms. The molecule has 2 nitrogen and oxygen atoms in total. The lowest BCUT2D eigenvalue weighted by molar-refractivity contribution is 0.198. The molecule has 2 heterocycles. The molecule has 2 aliphatic rings. The second kappa shape index (κ2) is 12.5. The normalized spacial score (nSPS) is 19.5. The van der Waals surface area contributed by atoms with Crippen LogP contribution in [-0.4, -0.2) is 41.6 Å². The van der Waals surface area contributed by atoms with Gasteiger partial charge in [0.15, 0.2) is 15.2 Å². The first kappa shape index (κ1) is 13.5. The van der Waals surface area contributed by atoms with Crippen LogP contribution < -0.4 is 0 Å². The van der Waals surface area contributed by atoms with Crippen molar-refractivity contribution >= 4 is 15.2 Å². The quantitative estimate of drug-likeness (QED) is 0.560. The Balaban J connectivity index is 0.000000174. The summed E-state index contributed by atoms with van der Waals surface area (Å²) in [7, 11) is 0. The maximum atomic E-state index is 4.94. The Labute approximate surface area is 88.7 Å². The summed E-state index contributed by atoms with van der Waals surface area (Å²) >= 11 is 0.750. The molecule has 0 aliphatic carbocycles. The maximum Gasteiger partial charge on any atom is 0.191 e. The van der Waals surface area contributed by atoms with Gasteiger partial charge in [0, 0.05) is 26.4 Å². The number of rotatable bonds is 0. The minimum absolute atomic E-state index is 0.750. The first-order valence-electron chi connectivity index (χ1n) is 5.31. The molecule has 0 N–H and O–H groups in total. The summed E-state index contributed by atoms with van der Waals surface area (Å²) in [5.74, 6) is 4.42. The highest BCUT2D eigenvalue weighted by Gasteiger charge is 1.95. The van der Waals surface area contributed by atoms with Gasteiger partial charge in [0.05, 0.1) is 0 Å². The fraction of sp³-hybridized carbons (Fsp3) is 1.00. The maximum absolute atomic E-state index is 4.94. The SMILES string of the molecule is C1CCOC1.C1CCOC1.[CH3][Al][CH3]. The summed E-state index contributed by atoms with van der Waals surface area (Å²) in [6.45, 7) is 4.00. The van der Waals surface area contributed by atoms with E-state index in [1.165, 1.54) is 25.7 Å². The van der Waals surface area contributed by atoms with Gasteiger partial charge < -0.3 is 9.47 Å². The van der Waals surface area contributed by atoms with E-state index in [9.17, 15) is 0 Å². The van der Waals surface area contributed by atoms with E-state index in [0.717, 1.165) is 41.6 Å². The zero-order chi connectivity index (χ0) is 9.78. The van der Waals surface area contributed by atoms with Crippen molar-refractivity contribution in [3.8, 4) is 0 Å². The van der Waals surface area contributed by atoms with Crippen LogP contribution in [0.5, 0.6) is 0 Å². The Morgan fingerprint density at radius 2 is 0.923 bits per heavy atom. The Hall–Kier alpha value is 0.452. The highest BCUT2D eigenvalue weighted by Crippen LogP contribution is 1.98. The van der Waals surface area contributed by atoms with Crippen LogP contribution in [0.25, 0.3) is 0 Å². The number of hydrogen-bond donors (Lipinski definition) is 0. The molecule has 2 rings (SSSR count). The van der Waals surface area contributed by atoms with Crippen molar-refractivity contribution in [3.05, 3.63) is 0 Å². The monoisotopic (exact) mass is 201 g/mol. The summed E-state index contributed by atoms with van der Waals surface area (Å²) in [5, 5.41) is 0. The van der Waals surface area contributed by atoms with Gasteiger partial charge in [0.2, 0.25) is 0 Å². The van der Waals surface area contributed by atoms with E-state index >= 15 is 0 Å². The Kier molecular flexibility index (Phi) is 12.9. The van der Waals surface area contributed by atoms with Crippen LogP contribution in [0.3, 0.4) is 0 Å². The molecule has 0 spiro atoms. The van der Waals surface area contributed by atoms with E-state index in [2.05, 4.69) is 11.6 Å². The Morgan fingerprint density at radius 3 is 1.00 bits per heavy atom. The zero-order valence-corrected chi connectivity index (χ0v) is 10.2. The van der Waals surface area contributed by atoms with Crippen LogP contribution in [0.4, 0.5) is 0 Å². The third-order valence-electron chi connectivity index (χ3n) is 1.65. The van der Waals surface area contributed by atoms with Crippen LogP contribution in [-0.2, 0) is 9.47 Å². The number of ether oxygens (including phenoxy) is 2. The third-order valence-corrected chi connectivity index (χ3v) is 1.65. The zero-order valence-electron chi connectivity index (χ0n) is 9.05. The Bertz CT molecular complexity index is 55.8. The van der Waals surface area contributed by atoms with E-state index in [1.54, 1.807) is 0 Å². The molecule has 0 amide bonds. The summed E-state index contributed by atoms with van der Waals surface area (Å²) < 4.78 is 9.89. The van der Waals surface area contributed by atoms with Crippen molar-refractivity contribution in [2.24, 2.45) is 0 Å². The molecule has 0 aromatic rings. The smallest absolute Gasteiger partial charge is 0.191 e. The highest BCUT2D eigenvalue weighted by molar-refractivity contribution is 6.31. The fourth-order valence-corrected chi connectivity index (χ4v) is 1.02. The first-order chi connectivity index (χ1) is 6.41. The van der Waals surface area contributed by atoms with Crippen molar-refractivity contribution in [1.29, 1.82) is 0 Å². The lowest BCUT2D eigenvalue weighted by Gasteiger charge is -1.76. The van der Waals surface area contributed by atoms with Gasteiger partial charge in [0.25, 0.3) is 0 Å². The summed E-state index contributed by atoms with van der Waals surface area (Å²) in [4.78, 5) is 0. The molecule has 77 valence electrons. The van der Waals surface area contributed by atoms with Crippen molar-refractivity contribution in [3.63, 3.8) is 0 Å². The highest BCUT2D eigenvalue weighted by atomic mass is 27.1. The molecular weight excluding hydrogens is 179 g/mol. The molecule has 0 aromatic carbocycles. The standard InChI is InChI=1S/2C4H8O.2CH3.Al/c2*1-2-4-5-3-1;;;/h2*1-4H2;2*1H3;. The van der Waals surface area contributed by atoms with Crippen molar-refractivity contribution in [2.75, 3.05) is 26.4 Å². The molecular formula is C10H22AlO2. The second-order valence-corrected chi connectivity index (χ2v) is 4.37. The van der Waals surface area contributed by atoms with Crippen molar-refractivity contribution in [1.82, 2.24) is 0 Å². The van der Waals surface area contributed by atoms with Crippen LogP contribution in [0.2, 0.25) is 11.6 Å². The summed E-state index contributed by atoms with van der Waals surface area (Å²) in [6, 6.07) is 0. The average molecular weight is 201 g/mol. The van der Waals surface area contributed by atoms with Gasteiger partial charge in [0.1, 0.15) is 0 Å². The summed E-state index contributed by atoms with van der Waals surface area (Å²) in [6.07, 6.45) is 5.11. The van der Waals surface area contributed by atoms with E-state index in [-0.39, 0.29) is 0 Å². The minimum atomic E-state index is 0.750. The van der Waals surface area contributed by atoms with Crippen molar-refractivity contribution < 1.29 is 9.47 Å². The van der Waals surface area contributed by atoms with E-state index < -0.39 is 0 Å². The van der Waals surface area contributed by atoms with Crippen LogP contribution in [0.1, 0.15) is 25.7 Å². The molecule has 13 heavy (non-hydrogen) atoms. The molecule has 1 radical (unpaired) electrons. The lowest BCUT2D eigenvalue weighted by Crippen LogP contribution is -1.74. The largest absolute Gasteiger partial charge is 0.381 e. The average Bonchev–Trinajstić information content (AvgIpc) is 2.85. The summed E-state index contributed by atoms with van der Waals surface area (Å²) in [5.41, 5.74) is 0. The first-order valence-corrected chi connectivity index (χ1v) is 7.62. The van der Waals surface area contributed by atoms with E-state index in [1.807, 2.05) is 0 Å². The van der Waals surface area contributed by atoms with Gasteiger partial charge in [-0.25, -0.2) is 0 Å². The van der Waals surface area contributed by atoms with Crippen LogP contribution >= 0.6 is 0 Å². The molecule has 0 bridgehead atoms. The molecule has 0 saturated carbocycles. The van der Waals surface area contributed by atoms with Gasteiger partial charge >= 0.3 is 0 Å². The second-order valence-electron chi connectivity index (χ2n) is 3.22. The van der Waals surface area contributed by atoms with Gasteiger partial charge in [-0.3, -0.25) is 0 Å². The van der Waals surface area contributed by atoms with Crippen molar-refractivity contribution in [2.45, 2.75) is 37.3 Å². The molecule has 0 unspecified atom stereocenters. The predicted molar refractivity (Wildman–Crippen MR) is 57.6 cm³/mol. The molecule has 2 fully saturated rings. The van der Waals surface area contributed by atoms with Crippen LogP contribution in [0, 0.1) is 0 Å². The van der Waals surface area contributed by atoms with Gasteiger partial charge in [-0.1, -0.05) is 0 Å². The molecule has 2 aliphatic heterocycles. The van der Waals surface area contributed by atoms with Gasteiger partial charge in [-0.05, 0) is 25.7 Å². The van der Waals surface area contributed by atoms with Gasteiger partial charge in [-0.15, -0.1) is 11.6 Å². The lowest BCUT2D eigenvalue weighted by atomic mass is 10.4. The molecule has 0 atom stereocenters. The van der Waals surface area contributed by atoms with Gasteiger partial charge in [-0.2, -0.15) is 0 Å². The topological polar surface area (TPSA) is 18.5 Å². The van der Waals surface area contributed by atoms with E-state index in [4.69, 9.17) is 9.47 Å². The van der Waals surface area contributed by atoms with E-state index in [0.29, 0.717) is 0 Å². The third kappa shape index (κ3) is 12.5. The Morgan fingerprint density at radius 1 is 0.692 bits per heavy atom. The number of hydrogen-bond acceptors (Lipinski definition) is 2.